The standard InChI is InChI=1S/C16H13N3O.C15H13BrN2O/c1-11(13-5-3-2-4-6-13)19-10-15-14(16(19)20)7-12(8-17)9-18-15;1-10(11-5-3-2-4-6-11)18-9-14-13(15(18)19)7-12(16)8-17-14/h2-7,9,11H,10H2,1H3;2-8,10H,9H2,1H3. The molecule has 4 heterocycles. The Morgan fingerprint density at radius 2 is 1.23 bits per heavy atom. The SMILES string of the molecule is CC(c1ccccc1)N1Cc2ncc(Br)cc2C1=O.CC(c1ccccc1)N1Cc2ncc(C#N)cc2C1=O. The Morgan fingerprint density at radius 1 is 0.769 bits per heavy atom. The molecule has 194 valence electrons. The number of fused-ring (bicyclic) bond motifs is 2. The Labute approximate surface area is 235 Å². The molecule has 2 atom stereocenters. The molecule has 0 N–H and O–H groups in total. The summed E-state index contributed by atoms with van der Waals surface area (Å²) in [6, 6.07) is 25.5. The van der Waals surface area contributed by atoms with Gasteiger partial charge in [0.1, 0.15) is 6.07 Å². The van der Waals surface area contributed by atoms with Crippen LogP contribution >= 0.6 is 15.9 Å². The first-order chi connectivity index (χ1) is 18.9. The molecule has 8 heteroatoms. The highest BCUT2D eigenvalue weighted by Crippen LogP contribution is 2.32. The lowest BCUT2D eigenvalue weighted by atomic mass is 10.1. The van der Waals surface area contributed by atoms with Crippen LogP contribution in [-0.2, 0) is 13.1 Å². The second-order valence-corrected chi connectivity index (χ2v) is 10.4. The van der Waals surface area contributed by atoms with E-state index in [1.54, 1.807) is 17.2 Å². The number of amides is 2. The molecule has 0 aliphatic carbocycles. The van der Waals surface area contributed by atoms with Gasteiger partial charge < -0.3 is 9.80 Å². The number of pyridine rings is 2. The summed E-state index contributed by atoms with van der Waals surface area (Å²) in [5.74, 6) is 0.00102. The van der Waals surface area contributed by atoms with Gasteiger partial charge in [0.15, 0.2) is 0 Å². The average molecular weight is 580 g/mol. The number of carbonyl (C=O) groups is 2. The van der Waals surface area contributed by atoms with E-state index in [4.69, 9.17) is 5.26 Å². The van der Waals surface area contributed by atoms with Crippen molar-refractivity contribution in [2.45, 2.75) is 39.0 Å². The molecule has 2 aliphatic heterocycles. The first kappa shape index (κ1) is 26.3. The van der Waals surface area contributed by atoms with Gasteiger partial charge in [-0.3, -0.25) is 19.6 Å². The molecule has 2 aliphatic rings. The Hall–Kier alpha value is -4.35. The number of rotatable bonds is 4. The largest absolute Gasteiger partial charge is 0.326 e. The van der Waals surface area contributed by atoms with E-state index in [2.05, 4.69) is 25.9 Å². The zero-order chi connectivity index (χ0) is 27.5. The fourth-order valence-corrected chi connectivity index (χ4v) is 5.20. The van der Waals surface area contributed by atoms with Gasteiger partial charge in [0.05, 0.1) is 53.3 Å². The Bertz CT molecular complexity index is 1570. The third-order valence-corrected chi connectivity index (χ3v) is 7.59. The second kappa shape index (κ2) is 11.2. The fourth-order valence-electron chi connectivity index (χ4n) is 4.87. The summed E-state index contributed by atoms with van der Waals surface area (Å²) in [5.41, 5.74) is 5.51. The van der Waals surface area contributed by atoms with Crippen molar-refractivity contribution in [1.29, 1.82) is 5.26 Å². The molecule has 0 saturated heterocycles. The molecule has 2 aromatic carbocycles. The molecule has 2 unspecified atom stereocenters. The average Bonchev–Trinajstić information content (AvgIpc) is 3.49. The summed E-state index contributed by atoms with van der Waals surface area (Å²) in [5, 5.41) is 8.89. The van der Waals surface area contributed by atoms with Crippen molar-refractivity contribution < 1.29 is 9.59 Å². The predicted octanol–water partition coefficient (Wildman–Crippen LogP) is 6.23. The Kier molecular flexibility index (Phi) is 7.53. The molecule has 0 bridgehead atoms. The number of benzene rings is 2. The van der Waals surface area contributed by atoms with E-state index in [1.165, 1.54) is 6.20 Å². The maximum absolute atomic E-state index is 12.5. The summed E-state index contributed by atoms with van der Waals surface area (Å²) in [7, 11) is 0. The molecule has 0 fully saturated rings. The third-order valence-electron chi connectivity index (χ3n) is 7.16. The van der Waals surface area contributed by atoms with Crippen LogP contribution in [0.4, 0.5) is 0 Å². The normalized spacial score (nSPS) is 15.1. The number of carbonyl (C=O) groups excluding carboxylic acids is 2. The number of hydrogen-bond donors (Lipinski definition) is 0. The van der Waals surface area contributed by atoms with E-state index in [1.807, 2.05) is 91.5 Å². The highest BCUT2D eigenvalue weighted by atomic mass is 79.9. The van der Waals surface area contributed by atoms with Gasteiger partial charge >= 0.3 is 0 Å². The van der Waals surface area contributed by atoms with Gasteiger partial charge in [0, 0.05) is 16.9 Å². The van der Waals surface area contributed by atoms with E-state index in [9.17, 15) is 9.59 Å². The Balaban J connectivity index is 0.000000158. The lowest BCUT2D eigenvalue weighted by Gasteiger charge is -2.24. The lowest BCUT2D eigenvalue weighted by Crippen LogP contribution is -2.27. The molecule has 0 radical (unpaired) electrons. The van der Waals surface area contributed by atoms with Gasteiger partial charge in [-0.25, -0.2) is 0 Å². The zero-order valence-electron chi connectivity index (χ0n) is 21.6. The number of nitrogens with zero attached hydrogens (tertiary/aromatic N) is 5. The van der Waals surface area contributed by atoms with Gasteiger partial charge in [-0.2, -0.15) is 5.26 Å². The highest BCUT2D eigenvalue weighted by molar-refractivity contribution is 9.10. The van der Waals surface area contributed by atoms with Crippen LogP contribution in [0, 0.1) is 11.3 Å². The van der Waals surface area contributed by atoms with Gasteiger partial charge in [0.25, 0.3) is 11.8 Å². The molecule has 39 heavy (non-hydrogen) atoms. The quantitative estimate of drug-likeness (QED) is 0.286. The number of hydrogen-bond acceptors (Lipinski definition) is 5. The summed E-state index contributed by atoms with van der Waals surface area (Å²) in [6.07, 6.45) is 3.26. The second-order valence-electron chi connectivity index (χ2n) is 9.52. The molecule has 0 spiro atoms. The molecular formula is C31H26BrN5O2. The van der Waals surface area contributed by atoms with Crippen molar-refractivity contribution in [3.05, 3.63) is 129 Å². The van der Waals surface area contributed by atoms with E-state index in [-0.39, 0.29) is 23.9 Å². The van der Waals surface area contributed by atoms with Crippen LogP contribution < -0.4 is 0 Å². The maximum Gasteiger partial charge on any atom is 0.256 e. The summed E-state index contributed by atoms with van der Waals surface area (Å²) >= 11 is 3.36. The monoisotopic (exact) mass is 579 g/mol. The first-order valence-corrected chi connectivity index (χ1v) is 13.4. The zero-order valence-corrected chi connectivity index (χ0v) is 23.2. The van der Waals surface area contributed by atoms with Crippen LogP contribution in [0.3, 0.4) is 0 Å². The molecule has 6 rings (SSSR count). The molecule has 2 amide bonds. The summed E-state index contributed by atoms with van der Waals surface area (Å²) < 4.78 is 0.841. The molecule has 7 nitrogen and oxygen atoms in total. The molecular weight excluding hydrogens is 554 g/mol. The number of nitriles is 1. The van der Waals surface area contributed by atoms with Crippen molar-refractivity contribution >= 4 is 27.7 Å². The van der Waals surface area contributed by atoms with E-state index < -0.39 is 0 Å². The van der Waals surface area contributed by atoms with Crippen molar-refractivity contribution in [2.24, 2.45) is 0 Å². The Morgan fingerprint density at radius 3 is 1.72 bits per heavy atom. The van der Waals surface area contributed by atoms with Crippen LogP contribution in [-0.4, -0.2) is 31.6 Å². The van der Waals surface area contributed by atoms with E-state index in [0.29, 0.717) is 29.8 Å². The van der Waals surface area contributed by atoms with Crippen molar-refractivity contribution in [3.63, 3.8) is 0 Å². The van der Waals surface area contributed by atoms with Gasteiger partial charge in [0.2, 0.25) is 0 Å². The fraction of sp³-hybridized carbons (Fsp3) is 0.194. The highest BCUT2D eigenvalue weighted by Gasteiger charge is 2.33. The van der Waals surface area contributed by atoms with Gasteiger partial charge in [-0.1, -0.05) is 60.7 Å². The smallest absolute Gasteiger partial charge is 0.256 e. The topological polar surface area (TPSA) is 90.2 Å². The van der Waals surface area contributed by atoms with E-state index in [0.717, 1.165) is 27.0 Å². The predicted molar refractivity (Wildman–Crippen MR) is 150 cm³/mol. The van der Waals surface area contributed by atoms with Gasteiger partial charge in [-0.05, 0) is 53.0 Å². The first-order valence-electron chi connectivity index (χ1n) is 12.6. The van der Waals surface area contributed by atoms with Crippen LogP contribution in [0.15, 0.2) is 89.7 Å². The summed E-state index contributed by atoms with van der Waals surface area (Å²) in [6.45, 7) is 5.13. The van der Waals surface area contributed by atoms with Crippen molar-refractivity contribution in [1.82, 2.24) is 19.8 Å². The number of aromatic nitrogens is 2. The van der Waals surface area contributed by atoms with Crippen LogP contribution in [0.25, 0.3) is 0 Å². The van der Waals surface area contributed by atoms with Gasteiger partial charge in [-0.15, -0.1) is 0 Å². The number of halogens is 1. The third kappa shape index (κ3) is 5.31. The van der Waals surface area contributed by atoms with Crippen molar-refractivity contribution in [3.8, 4) is 6.07 Å². The lowest BCUT2D eigenvalue weighted by molar-refractivity contribution is 0.0707. The molecule has 4 aromatic rings. The maximum atomic E-state index is 12.5. The minimum absolute atomic E-state index is 0.0107. The minimum Gasteiger partial charge on any atom is -0.326 e. The van der Waals surface area contributed by atoms with Crippen LogP contribution in [0.5, 0.6) is 0 Å². The van der Waals surface area contributed by atoms with Crippen LogP contribution in [0.2, 0.25) is 0 Å². The minimum atomic E-state index is -0.0547. The molecule has 2 aromatic heterocycles. The van der Waals surface area contributed by atoms with E-state index >= 15 is 0 Å². The summed E-state index contributed by atoms with van der Waals surface area (Å²) in [4.78, 5) is 37.1. The van der Waals surface area contributed by atoms with Crippen molar-refractivity contribution in [2.75, 3.05) is 0 Å². The van der Waals surface area contributed by atoms with Crippen LogP contribution in [0.1, 0.15) is 74.7 Å². The molecule has 0 saturated carbocycles.